The molecule has 0 aliphatic carbocycles. The normalized spacial score (nSPS) is 11.5. The molecule has 0 nitrogen and oxygen atoms in total. The first-order valence-corrected chi connectivity index (χ1v) is 9.18. The van der Waals surface area contributed by atoms with Crippen LogP contribution in [0.4, 0.5) is 8.78 Å². The third-order valence-electron chi connectivity index (χ3n) is 4.91. The Balaban J connectivity index is 1.97. The van der Waals surface area contributed by atoms with Crippen LogP contribution in [0, 0.1) is 39.5 Å². The summed E-state index contributed by atoms with van der Waals surface area (Å²) in [4.78, 5) is 0. The van der Waals surface area contributed by atoms with Gasteiger partial charge in [0, 0.05) is 22.3 Å². The molecule has 0 atom stereocenters. The molecule has 0 unspecified atom stereocenters. The molecule has 0 N–H and O–H groups in total. The van der Waals surface area contributed by atoms with E-state index in [1.165, 1.54) is 5.56 Å². The standard InChI is InChI=1S/C26H22F2/c1-17-5-9-21(10-6-17)11-14-22-15-16-24(20(4)19(22)3)26(28)25(27)23-12-7-18(2)8-13-23/h5-10,12-13,15-16H,1-4H3/b26-25+. The van der Waals surface area contributed by atoms with Gasteiger partial charge in [-0.15, -0.1) is 0 Å². The van der Waals surface area contributed by atoms with Crippen molar-refractivity contribution < 1.29 is 8.78 Å². The van der Waals surface area contributed by atoms with Crippen molar-refractivity contribution in [3.8, 4) is 11.8 Å². The van der Waals surface area contributed by atoms with E-state index < -0.39 is 11.7 Å². The number of halogens is 2. The van der Waals surface area contributed by atoms with E-state index >= 15 is 0 Å². The van der Waals surface area contributed by atoms with Crippen LogP contribution in [-0.2, 0) is 0 Å². The molecule has 140 valence electrons. The van der Waals surface area contributed by atoms with Crippen molar-refractivity contribution in [2.45, 2.75) is 27.7 Å². The van der Waals surface area contributed by atoms with Gasteiger partial charge >= 0.3 is 0 Å². The Hall–Kier alpha value is -3.18. The van der Waals surface area contributed by atoms with Gasteiger partial charge in [-0.25, -0.2) is 8.78 Å². The molecule has 0 aliphatic rings. The van der Waals surface area contributed by atoms with Crippen molar-refractivity contribution >= 4 is 11.7 Å². The van der Waals surface area contributed by atoms with Crippen LogP contribution in [-0.4, -0.2) is 0 Å². The highest BCUT2D eigenvalue weighted by Crippen LogP contribution is 2.32. The molecule has 0 saturated carbocycles. The minimum absolute atomic E-state index is 0.239. The van der Waals surface area contributed by atoms with Gasteiger partial charge in [0.05, 0.1) is 0 Å². The summed E-state index contributed by atoms with van der Waals surface area (Å²) in [6.07, 6.45) is 0. The van der Waals surface area contributed by atoms with Gasteiger partial charge in [-0.2, -0.15) is 0 Å². The maximum absolute atomic E-state index is 14.8. The van der Waals surface area contributed by atoms with E-state index in [-0.39, 0.29) is 11.1 Å². The van der Waals surface area contributed by atoms with Gasteiger partial charge < -0.3 is 0 Å². The van der Waals surface area contributed by atoms with Crippen LogP contribution in [0.25, 0.3) is 11.7 Å². The summed E-state index contributed by atoms with van der Waals surface area (Å²) in [6.45, 7) is 7.62. The summed E-state index contributed by atoms with van der Waals surface area (Å²) in [5.41, 5.74) is 5.95. The second-order valence-corrected chi connectivity index (χ2v) is 7.02. The molecule has 2 heteroatoms. The maximum atomic E-state index is 14.8. The van der Waals surface area contributed by atoms with Crippen LogP contribution >= 0.6 is 0 Å². The molecule has 3 aromatic rings. The topological polar surface area (TPSA) is 0 Å². The lowest BCUT2D eigenvalue weighted by Gasteiger charge is -2.10. The molecule has 0 radical (unpaired) electrons. The lowest BCUT2D eigenvalue weighted by atomic mass is 9.96. The largest absolute Gasteiger partial charge is 0.203 e. The zero-order valence-electron chi connectivity index (χ0n) is 16.5. The fraction of sp³-hybridized carbons (Fsp3) is 0.154. The van der Waals surface area contributed by atoms with Crippen molar-refractivity contribution in [2.75, 3.05) is 0 Å². The molecule has 0 bridgehead atoms. The molecule has 3 rings (SSSR count). The van der Waals surface area contributed by atoms with E-state index in [9.17, 15) is 8.78 Å². The van der Waals surface area contributed by atoms with Gasteiger partial charge in [0.15, 0.2) is 11.7 Å². The number of hydrogen-bond donors (Lipinski definition) is 0. The van der Waals surface area contributed by atoms with Crippen molar-refractivity contribution in [3.05, 3.63) is 105 Å². The van der Waals surface area contributed by atoms with Crippen molar-refractivity contribution in [2.24, 2.45) is 0 Å². The average molecular weight is 372 g/mol. The number of aryl methyl sites for hydroxylation is 2. The maximum Gasteiger partial charge on any atom is 0.166 e. The van der Waals surface area contributed by atoms with E-state index in [0.29, 0.717) is 5.56 Å². The summed E-state index contributed by atoms with van der Waals surface area (Å²) < 4.78 is 29.5. The molecule has 0 heterocycles. The molecule has 0 saturated heterocycles. The molecule has 28 heavy (non-hydrogen) atoms. The fourth-order valence-corrected chi connectivity index (χ4v) is 2.92. The zero-order valence-corrected chi connectivity index (χ0v) is 16.5. The molecule has 0 aromatic heterocycles. The SMILES string of the molecule is Cc1ccc(C#Cc2ccc(/C(F)=C(\F)c3ccc(C)cc3)c(C)c2C)cc1. The van der Waals surface area contributed by atoms with Crippen LogP contribution in [0.5, 0.6) is 0 Å². The van der Waals surface area contributed by atoms with Crippen molar-refractivity contribution in [1.29, 1.82) is 0 Å². The first-order valence-electron chi connectivity index (χ1n) is 9.18. The third kappa shape index (κ3) is 4.21. The van der Waals surface area contributed by atoms with E-state index in [2.05, 4.69) is 11.8 Å². The summed E-state index contributed by atoms with van der Waals surface area (Å²) in [5, 5.41) is 0. The fourth-order valence-electron chi connectivity index (χ4n) is 2.92. The summed E-state index contributed by atoms with van der Waals surface area (Å²) in [5.74, 6) is 4.58. The first-order chi connectivity index (χ1) is 13.4. The minimum Gasteiger partial charge on any atom is -0.203 e. The van der Waals surface area contributed by atoms with Crippen molar-refractivity contribution in [3.63, 3.8) is 0 Å². The lowest BCUT2D eigenvalue weighted by Crippen LogP contribution is -1.94. The molecule has 0 amide bonds. The Morgan fingerprint density at radius 2 is 1.18 bits per heavy atom. The van der Waals surface area contributed by atoms with E-state index in [0.717, 1.165) is 22.3 Å². The molecule has 0 spiro atoms. The summed E-state index contributed by atoms with van der Waals surface area (Å²) in [6, 6.07) is 18.0. The van der Waals surface area contributed by atoms with Gasteiger partial charge in [-0.3, -0.25) is 0 Å². The van der Waals surface area contributed by atoms with E-state index in [1.54, 1.807) is 43.3 Å². The molecule has 0 fully saturated rings. The first kappa shape index (κ1) is 19.6. The van der Waals surface area contributed by atoms with Gasteiger partial charge in [0.2, 0.25) is 0 Å². The molecular weight excluding hydrogens is 350 g/mol. The van der Waals surface area contributed by atoms with Crippen LogP contribution in [0.1, 0.15) is 44.5 Å². The Morgan fingerprint density at radius 3 is 1.79 bits per heavy atom. The second-order valence-electron chi connectivity index (χ2n) is 7.02. The van der Waals surface area contributed by atoms with Crippen LogP contribution < -0.4 is 0 Å². The predicted octanol–water partition coefficient (Wildman–Crippen LogP) is 7.08. The van der Waals surface area contributed by atoms with Gasteiger partial charge in [-0.1, -0.05) is 65.4 Å². The lowest BCUT2D eigenvalue weighted by molar-refractivity contribution is 0.699. The number of rotatable bonds is 2. The zero-order chi connectivity index (χ0) is 20.3. The smallest absolute Gasteiger partial charge is 0.166 e. The van der Waals surface area contributed by atoms with Crippen LogP contribution in [0.2, 0.25) is 0 Å². The number of benzene rings is 3. The van der Waals surface area contributed by atoms with Gasteiger partial charge in [-0.05, 0) is 57.0 Å². The molecule has 0 aliphatic heterocycles. The average Bonchev–Trinajstić information content (AvgIpc) is 2.70. The highest BCUT2D eigenvalue weighted by atomic mass is 19.2. The summed E-state index contributed by atoms with van der Waals surface area (Å²) in [7, 11) is 0. The second kappa shape index (κ2) is 8.23. The third-order valence-corrected chi connectivity index (χ3v) is 4.91. The quantitative estimate of drug-likeness (QED) is 0.333. The molecule has 3 aromatic carbocycles. The molecular formula is C26H22F2. The Bertz CT molecular complexity index is 1090. The van der Waals surface area contributed by atoms with E-state index in [4.69, 9.17) is 0 Å². The summed E-state index contributed by atoms with van der Waals surface area (Å²) >= 11 is 0. The number of hydrogen-bond acceptors (Lipinski definition) is 0. The van der Waals surface area contributed by atoms with Crippen LogP contribution in [0.15, 0.2) is 60.7 Å². The van der Waals surface area contributed by atoms with Crippen molar-refractivity contribution in [1.82, 2.24) is 0 Å². The highest BCUT2D eigenvalue weighted by Gasteiger charge is 2.15. The minimum atomic E-state index is -0.846. The Kier molecular flexibility index (Phi) is 5.76. The monoisotopic (exact) mass is 372 g/mol. The van der Waals surface area contributed by atoms with E-state index in [1.807, 2.05) is 45.0 Å². The Morgan fingerprint density at radius 1 is 0.607 bits per heavy atom. The van der Waals surface area contributed by atoms with Gasteiger partial charge in [0.25, 0.3) is 0 Å². The predicted molar refractivity (Wildman–Crippen MR) is 113 cm³/mol. The highest BCUT2D eigenvalue weighted by molar-refractivity contribution is 5.84. The van der Waals surface area contributed by atoms with Gasteiger partial charge in [0.1, 0.15) is 0 Å². The Labute approximate surface area is 165 Å². The van der Waals surface area contributed by atoms with Crippen LogP contribution in [0.3, 0.4) is 0 Å².